The van der Waals surface area contributed by atoms with Crippen molar-refractivity contribution in [3.05, 3.63) is 103 Å². The first-order valence-corrected chi connectivity index (χ1v) is 12.8. The lowest BCUT2D eigenvalue weighted by molar-refractivity contribution is 0.520. The monoisotopic (exact) mass is 499 g/mol. The maximum Gasteiger partial charge on any atom is 0.325 e. The smallest absolute Gasteiger partial charge is 0.311 e. The number of hydrogen-bond donors (Lipinski definition) is 2. The number of rotatable bonds is 6. The molecule has 1 aromatic heterocycles. The van der Waals surface area contributed by atoms with Crippen molar-refractivity contribution in [2.75, 3.05) is 14.1 Å². The summed E-state index contributed by atoms with van der Waals surface area (Å²) in [6, 6.07) is 14.4. The molecule has 9 heteroatoms. The fraction of sp³-hybridized carbons (Fsp3) is 0.280. The Bertz CT molecular complexity index is 1460. The van der Waals surface area contributed by atoms with Crippen molar-refractivity contribution in [2.24, 2.45) is 0 Å². The quantitative estimate of drug-likeness (QED) is 0.536. The van der Waals surface area contributed by atoms with E-state index in [-0.39, 0.29) is 16.4 Å². The highest BCUT2D eigenvalue weighted by Gasteiger charge is 2.24. The molecule has 1 aliphatic rings. The number of halogens is 1. The van der Waals surface area contributed by atoms with E-state index in [1.54, 1.807) is 12.1 Å². The Labute approximate surface area is 203 Å². The Morgan fingerprint density at radius 1 is 1.06 bits per heavy atom. The van der Waals surface area contributed by atoms with Crippen LogP contribution in [0.2, 0.25) is 5.02 Å². The summed E-state index contributed by atoms with van der Waals surface area (Å²) in [5.74, 6) is -0.00960. The van der Waals surface area contributed by atoms with Crippen LogP contribution < -0.4 is 11.2 Å². The summed E-state index contributed by atoms with van der Waals surface area (Å²) in [5, 5.41) is 0.377. The van der Waals surface area contributed by atoms with Gasteiger partial charge in [0.25, 0.3) is 5.56 Å². The zero-order chi connectivity index (χ0) is 24.5. The average Bonchev–Trinajstić information content (AvgIpc) is 2.81. The Morgan fingerprint density at radius 3 is 2.41 bits per heavy atom. The molecule has 0 amide bonds. The number of aromatic nitrogens is 2. The van der Waals surface area contributed by atoms with Crippen molar-refractivity contribution < 1.29 is 8.42 Å². The van der Waals surface area contributed by atoms with Crippen molar-refractivity contribution >= 4 is 27.2 Å². The molecule has 1 heterocycles. The second-order valence-corrected chi connectivity index (χ2v) is 11.2. The van der Waals surface area contributed by atoms with Crippen molar-refractivity contribution in [3.8, 4) is 0 Å². The predicted molar refractivity (Wildman–Crippen MR) is 134 cm³/mol. The molecule has 4 rings (SSSR count). The minimum Gasteiger partial charge on any atom is -0.311 e. The number of aromatic amines is 2. The van der Waals surface area contributed by atoms with Crippen LogP contribution in [0.1, 0.15) is 47.6 Å². The number of nitrogens with zero attached hydrogens (tertiary/aromatic N) is 1. The number of H-pyrrole nitrogens is 2. The van der Waals surface area contributed by atoms with Gasteiger partial charge >= 0.3 is 5.69 Å². The molecule has 1 unspecified atom stereocenters. The molecule has 34 heavy (non-hydrogen) atoms. The van der Waals surface area contributed by atoms with Gasteiger partial charge < -0.3 is 4.98 Å². The maximum atomic E-state index is 12.6. The summed E-state index contributed by atoms with van der Waals surface area (Å²) >= 11 is 6.47. The van der Waals surface area contributed by atoms with Gasteiger partial charge in [-0.15, -0.1) is 0 Å². The van der Waals surface area contributed by atoms with E-state index in [0.717, 1.165) is 27.4 Å². The maximum absolute atomic E-state index is 12.6. The van der Waals surface area contributed by atoms with E-state index in [1.807, 2.05) is 30.3 Å². The minimum atomic E-state index is -3.57. The Hall–Kier alpha value is -2.94. The molecule has 0 fully saturated rings. The zero-order valence-corrected chi connectivity index (χ0v) is 20.5. The van der Waals surface area contributed by atoms with Gasteiger partial charge in [-0.1, -0.05) is 54.1 Å². The van der Waals surface area contributed by atoms with Crippen LogP contribution in [-0.4, -0.2) is 36.8 Å². The van der Waals surface area contributed by atoms with Gasteiger partial charge in [-0.3, -0.25) is 9.78 Å². The van der Waals surface area contributed by atoms with E-state index >= 15 is 0 Å². The highest BCUT2D eigenvalue weighted by Crippen LogP contribution is 2.38. The van der Waals surface area contributed by atoms with Crippen LogP contribution in [0.3, 0.4) is 0 Å². The summed E-state index contributed by atoms with van der Waals surface area (Å²) in [4.78, 5) is 30.1. The molecule has 0 aliphatic heterocycles. The minimum absolute atomic E-state index is 0.00960. The lowest BCUT2D eigenvalue weighted by Gasteiger charge is -2.24. The van der Waals surface area contributed by atoms with Crippen molar-refractivity contribution in [1.29, 1.82) is 0 Å². The van der Waals surface area contributed by atoms with E-state index in [4.69, 9.17) is 11.6 Å². The normalized spacial score (nSPS) is 16.5. The Balaban J connectivity index is 1.62. The topological polar surface area (TPSA) is 103 Å². The van der Waals surface area contributed by atoms with Gasteiger partial charge in [-0.25, -0.2) is 17.5 Å². The number of hydrogen-bond acceptors (Lipinski definition) is 4. The van der Waals surface area contributed by atoms with E-state index in [1.165, 1.54) is 20.2 Å². The fourth-order valence-electron chi connectivity index (χ4n) is 4.32. The SMILES string of the molecule is CN(C)S(=O)(=O)c1ccc(C2=CCC(c3[nH]c(=O)[nH]c(=O)c3Cc3ccccc3)CC2)c(Cl)c1. The van der Waals surface area contributed by atoms with Gasteiger partial charge in [0, 0.05) is 42.7 Å². The summed E-state index contributed by atoms with van der Waals surface area (Å²) < 4.78 is 25.9. The first-order valence-electron chi connectivity index (χ1n) is 11.0. The highest BCUT2D eigenvalue weighted by atomic mass is 35.5. The van der Waals surface area contributed by atoms with Crippen LogP contribution in [0, 0.1) is 0 Å². The molecular formula is C25H26ClN3O4S. The Morgan fingerprint density at radius 2 is 1.79 bits per heavy atom. The largest absolute Gasteiger partial charge is 0.325 e. The third kappa shape index (κ3) is 4.94. The van der Waals surface area contributed by atoms with E-state index < -0.39 is 15.7 Å². The van der Waals surface area contributed by atoms with Crippen LogP contribution in [0.5, 0.6) is 0 Å². The first kappa shape index (κ1) is 24.2. The predicted octanol–water partition coefficient (Wildman–Crippen LogP) is 3.91. The molecule has 0 radical (unpaired) electrons. The third-order valence-corrected chi connectivity index (χ3v) is 8.31. The van der Waals surface area contributed by atoms with Crippen LogP contribution in [0.15, 0.2) is 69.1 Å². The van der Waals surface area contributed by atoms with Gasteiger partial charge in [-0.05, 0) is 48.1 Å². The van der Waals surface area contributed by atoms with E-state index in [2.05, 4.69) is 16.0 Å². The number of sulfonamides is 1. The molecule has 1 atom stereocenters. The summed E-state index contributed by atoms with van der Waals surface area (Å²) in [5.41, 5.74) is 3.18. The number of allylic oxidation sites excluding steroid dienone is 2. The molecule has 1 aliphatic carbocycles. The van der Waals surface area contributed by atoms with Crippen LogP contribution in [0.4, 0.5) is 0 Å². The standard InChI is InChI=1S/C25H26ClN3O4S/c1-29(2)34(32,33)19-12-13-20(22(26)15-19)17-8-10-18(11-9-17)23-21(24(30)28-25(31)27-23)14-16-6-4-3-5-7-16/h3-8,12-13,15,18H,9-11,14H2,1-2H3,(H2,27,28,30,31). The lowest BCUT2D eigenvalue weighted by atomic mass is 9.83. The number of nitrogens with one attached hydrogen (secondary N) is 2. The lowest BCUT2D eigenvalue weighted by Crippen LogP contribution is -2.30. The number of benzene rings is 2. The third-order valence-electron chi connectivity index (χ3n) is 6.18. The van der Waals surface area contributed by atoms with Crippen LogP contribution in [0.25, 0.3) is 5.57 Å². The van der Waals surface area contributed by atoms with Crippen LogP contribution in [-0.2, 0) is 16.4 Å². The van der Waals surface area contributed by atoms with Crippen molar-refractivity contribution in [3.63, 3.8) is 0 Å². The molecule has 178 valence electrons. The fourth-order valence-corrected chi connectivity index (χ4v) is 5.62. The molecule has 3 aromatic rings. The van der Waals surface area contributed by atoms with Crippen molar-refractivity contribution in [1.82, 2.24) is 14.3 Å². The first-order chi connectivity index (χ1) is 16.2. The second kappa shape index (κ2) is 9.74. The van der Waals surface area contributed by atoms with E-state index in [9.17, 15) is 18.0 Å². The average molecular weight is 500 g/mol. The van der Waals surface area contributed by atoms with Gasteiger partial charge in [0.2, 0.25) is 10.0 Å². The Kier molecular flexibility index (Phi) is 6.93. The molecule has 7 nitrogen and oxygen atoms in total. The van der Waals surface area contributed by atoms with Crippen LogP contribution >= 0.6 is 11.6 Å². The second-order valence-electron chi connectivity index (χ2n) is 8.59. The molecule has 0 spiro atoms. The molecular weight excluding hydrogens is 474 g/mol. The summed E-state index contributed by atoms with van der Waals surface area (Å²) in [7, 11) is -0.611. The van der Waals surface area contributed by atoms with Crippen molar-refractivity contribution in [2.45, 2.75) is 36.5 Å². The molecule has 0 saturated heterocycles. The summed E-state index contributed by atoms with van der Waals surface area (Å²) in [6.45, 7) is 0. The van der Waals surface area contributed by atoms with Gasteiger partial charge in [-0.2, -0.15) is 0 Å². The summed E-state index contributed by atoms with van der Waals surface area (Å²) in [6.07, 6.45) is 4.53. The highest BCUT2D eigenvalue weighted by molar-refractivity contribution is 7.89. The molecule has 2 aromatic carbocycles. The van der Waals surface area contributed by atoms with Gasteiger partial charge in [0.15, 0.2) is 0 Å². The van der Waals surface area contributed by atoms with Gasteiger partial charge in [0.1, 0.15) is 0 Å². The van der Waals surface area contributed by atoms with Gasteiger partial charge in [0.05, 0.1) is 4.90 Å². The zero-order valence-electron chi connectivity index (χ0n) is 19.0. The van der Waals surface area contributed by atoms with E-state index in [0.29, 0.717) is 35.5 Å². The molecule has 0 saturated carbocycles. The molecule has 2 N–H and O–H groups in total. The molecule has 0 bridgehead atoms.